The van der Waals surface area contributed by atoms with E-state index >= 15 is 0 Å². The first kappa shape index (κ1) is 15.3. The van der Waals surface area contributed by atoms with Crippen LogP contribution in [0, 0.1) is 10.1 Å². The summed E-state index contributed by atoms with van der Waals surface area (Å²) in [6, 6.07) is 3.90. The smallest absolute Gasteiger partial charge is 0.271 e. The average Bonchev–Trinajstić information content (AvgIpc) is 2.95. The van der Waals surface area contributed by atoms with Crippen molar-refractivity contribution in [3.05, 3.63) is 55.2 Å². The molecule has 0 aliphatic heterocycles. The molecule has 8 heteroatoms. The molecule has 2 rings (SSSR count). The molecule has 1 atom stereocenters. The van der Waals surface area contributed by atoms with E-state index in [1.807, 2.05) is 23.8 Å². The van der Waals surface area contributed by atoms with Gasteiger partial charge in [-0.15, -0.1) is 0 Å². The Kier molecular flexibility index (Phi) is 4.44. The van der Waals surface area contributed by atoms with Crippen molar-refractivity contribution >= 4 is 40.2 Å². The molecular weight excluding hydrogens is 314 g/mol. The second-order valence-electron chi connectivity index (χ2n) is 4.40. The molecule has 0 radical (unpaired) electrons. The van der Waals surface area contributed by atoms with Crippen LogP contribution >= 0.6 is 22.9 Å². The SMILES string of the molecule is CC(NC(=O)c1cc([N+](=O)[O-])cc(Cl)c1N)c1ccsc1. The Hall–Kier alpha value is -2.12. The topological polar surface area (TPSA) is 98.3 Å². The lowest BCUT2D eigenvalue weighted by Gasteiger charge is -2.14. The zero-order valence-electron chi connectivity index (χ0n) is 11.0. The van der Waals surface area contributed by atoms with Crippen LogP contribution in [-0.2, 0) is 0 Å². The van der Waals surface area contributed by atoms with Gasteiger partial charge in [-0.25, -0.2) is 0 Å². The fourth-order valence-corrected chi connectivity index (χ4v) is 2.74. The van der Waals surface area contributed by atoms with E-state index in [1.54, 1.807) is 0 Å². The predicted octanol–water partition coefficient (Wildman–Crippen LogP) is 3.38. The molecular formula is C13H12ClN3O3S. The van der Waals surface area contributed by atoms with Crippen molar-refractivity contribution in [3.8, 4) is 0 Å². The lowest BCUT2D eigenvalue weighted by molar-refractivity contribution is -0.384. The third kappa shape index (κ3) is 3.32. The molecule has 0 saturated heterocycles. The average molecular weight is 326 g/mol. The minimum atomic E-state index is -0.621. The maximum Gasteiger partial charge on any atom is 0.271 e. The largest absolute Gasteiger partial charge is 0.397 e. The second-order valence-corrected chi connectivity index (χ2v) is 5.59. The van der Waals surface area contributed by atoms with Gasteiger partial charge in [0.25, 0.3) is 11.6 Å². The van der Waals surface area contributed by atoms with E-state index in [2.05, 4.69) is 5.32 Å². The third-order valence-electron chi connectivity index (χ3n) is 2.96. The first-order valence-electron chi connectivity index (χ1n) is 5.96. The Morgan fingerprint density at radius 2 is 2.24 bits per heavy atom. The molecule has 0 aliphatic rings. The van der Waals surface area contributed by atoms with Crippen LogP contribution in [0.2, 0.25) is 5.02 Å². The number of nitrogens with one attached hydrogen (secondary N) is 1. The van der Waals surface area contributed by atoms with Crippen LogP contribution in [0.25, 0.3) is 0 Å². The normalized spacial score (nSPS) is 11.9. The summed E-state index contributed by atoms with van der Waals surface area (Å²) in [5.41, 5.74) is 6.43. The molecule has 110 valence electrons. The highest BCUT2D eigenvalue weighted by Crippen LogP contribution is 2.29. The van der Waals surface area contributed by atoms with Crippen LogP contribution in [0.1, 0.15) is 28.9 Å². The number of carbonyl (C=O) groups is 1. The molecule has 0 fully saturated rings. The maximum atomic E-state index is 12.2. The lowest BCUT2D eigenvalue weighted by Crippen LogP contribution is -2.27. The highest BCUT2D eigenvalue weighted by atomic mass is 35.5. The van der Waals surface area contributed by atoms with Gasteiger partial charge in [-0.05, 0) is 29.3 Å². The van der Waals surface area contributed by atoms with Crippen molar-refractivity contribution in [1.29, 1.82) is 0 Å². The predicted molar refractivity (Wildman–Crippen MR) is 82.7 cm³/mol. The zero-order valence-corrected chi connectivity index (χ0v) is 12.6. The number of hydrogen-bond acceptors (Lipinski definition) is 5. The summed E-state index contributed by atoms with van der Waals surface area (Å²) < 4.78 is 0. The fourth-order valence-electron chi connectivity index (χ4n) is 1.78. The molecule has 6 nitrogen and oxygen atoms in total. The Bertz CT molecular complexity index is 688. The molecule has 1 amide bonds. The summed E-state index contributed by atoms with van der Waals surface area (Å²) in [5, 5.41) is 17.4. The number of nitro groups is 1. The molecule has 0 bridgehead atoms. The van der Waals surface area contributed by atoms with Gasteiger partial charge in [0.15, 0.2) is 0 Å². The third-order valence-corrected chi connectivity index (χ3v) is 3.97. The van der Waals surface area contributed by atoms with Gasteiger partial charge in [0.1, 0.15) is 0 Å². The van der Waals surface area contributed by atoms with Gasteiger partial charge in [0.05, 0.1) is 27.2 Å². The standard InChI is InChI=1S/C13H12ClN3O3S/c1-7(8-2-3-21-6-8)16-13(18)10-4-9(17(19)20)5-11(14)12(10)15/h2-7H,15H2,1H3,(H,16,18). The summed E-state index contributed by atoms with van der Waals surface area (Å²) in [4.78, 5) is 22.4. The Morgan fingerprint density at radius 3 is 2.81 bits per heavy atom. The van der Waals surface area contributed by atoms with E-state index in [9.17, 15) is 14.9 Å². The monoisotopic (exact) mass is 325 g/mol. The summed E-state index contributed by atoms with van der Waals surface area (Å²) >= 11 is 7.35. The van der Waals surface area contributed by atoms with Crippen LogP contribution in [0.15, 0.2) is 29.0 Å². The van der Waals surface area contributed by atoms with Crippen molar-refractivity contribution in [2.45, 2.75) is 13.0 Å². The van der Waals surface area contributed by atoms with Gasteiger partial charge in [0.2, 0.25) is 0 Å². The Labute approximate surface area is 129 Å². The Balaban J connectivity index is 2.28. The minimum absolute atomic E-state index is 0.00344. The maximum absolute atomic E-state index is 12.2. The van der Waals surface area contributed by atoms with Crippen LogP contribution in [0.4, 0.5) is 11.4 Å². The van der Waals surface area contributed by atoms with Crippen molar-refractivity contribution in [1.82, 2.24) is 5.32 Å². The molecule has 0 aliphatic carbocycles. The molecule has 0 spiro atoms. The summed E-state index contributed by atoms with van der Waals surface area (Å²) in [6.07, 6.45) is 0. The number of carbonyl (C=O) groups excluding carboxylic acids is 1. The lowest BCUT2D eigenvalue weighted by atomic mass is 10.1. The van der Waals surface area contributed by atoms with Gasteiger partial charge < -0.3 is 11.1 Å². The van der Waals surface area contributed by atoms with E-state index in [-0.39, 0.29) is 28.0 Å². The van der Waals surface area contributed by atoms with Crippen LogP contribution in [-0.4, -0.2) is 10.8 Å². The first-order chi connectivity index (χ1) is 9.90. The molecule has 0 saturated carbocycles. The molecule has 2 aromatic rings. The van der Waals surface area contributed by atoms with Gasteiger partial charge >= 0.3 is 0 Å². The first-order valence-corrected chi connectivity index (χ1v) is 7.28. The second kappa shape index (κ2) is 6.11. The molecule has 21 heavy (non-hydrogen) atoms. The van der Waals surface area contributed by atoms with E-state index in [4.69, 9.17) is 17.3 Å². The number of thiophene rings is 1. The molecule has 1 aromatic carbocycles. The van der Waals surface area contributed by atoms with Gasteiger partial charge in [-0.3, -0.25) is 14.9 Å². The van der Waals surface area contributed by atoms with E-state index < -0.39 is 10.8 Å². The van der Waals surface area contributed by atoms with Crippen molar-refractivity contribution in [2.24, 2.45) is 0 Å². The highest BCUT2D eigenvalue weighted by molar-refractivity contribution is 7.07. The van der Waals surface area contributed by atoms with Crippen molar-refractivity contribution < 1.29 is 9.72 Å². The van der Waals surface area contributed by atoms with Crippen molar-refractivity contribution in [2.75, 3.05) is 5.73 Å². The number of anilines is 1. The molecule has 1 aromatic heterocycles. The zero-order chi connectivity index (χ0) is 15.6. The van der Waals surface area contributed by atoms with Gasteiger partial charge in [-0.1, -0.05) is 11.6 Å². The molecule has 1 heterocycles. The number of nitro benzene ring substituents is 1. The number of nitrogens with zero attached hydrogens (tertiary/aromatic N) is 1. The number of rotatable bonds is 4. The minimum Gasteiger partial charge on any atom is -0.397 e. The molecule has 3 N–H and O–H groups in total. The van der Waals surface area contributed by atoms with Crippen LogP contribution < -0.4 is 11.1 Å². The van der Waals surface area contributed by atoms with E-state index in [1.165, 1.54) is 11.3 Å². The fraction of sp³-hybridized carbons (Fsp3) is 0.154. The van der Waals surface area contributed by atoms with Crippen LogP contribution in [0.3, 0.4) is 0 Å². The summed E-state index contributed by atoms with van der Waals surface area (Å²) in [7, 11) is 0. The molecule has 1 unspecified atom stereocenters. The quantitative estimate of drug-likeness (QED) is 0.511. The van der Waals surface area contributed by atoms with Gasteiger partial charge in [0, 0.05) is 12.1 Å². The van der Waals surface area contributed by atoms with E-state index in [0.29, 0.717) is 0 Å². The number of amides is 1. The highest BCUT2D eigenvalue weighted by Gasteiger charge is 2.20. The van der Waals surface area contributed by atoms with Gasteiger partial charge in [-0.2, -0.15) is 11.3 Å². The van der Waals surface area contributed by atoms with Crippen LogP contribution in [0.5, 0.6) is 0 Å². The number of nitrogen functional groups attached to an aromatic ring is 1. The number of non-ortho nitro benzene ring substituents is 1. The summed E-state index contributed by atoms with van der Waals surface area (Å²) in [6.45, 7) is 1.81. The summed E-state index contributed by atoms with van der Waals surface area (Å²) in [5.74, 6) is -0.503. The van der Waals surface area contributed by atoms with Crippen molar-refractivity contribution in [3.63, 3.8) is 0 Å². The van der Waals surface area contributed by atoms with E-state index in [0.717, 1.165) is 17.7 Å². The number of benzene rings is 1. The number of halogens is 1. The number of nitrogens with two attached hydrogens (primary N) is 1. The Morgan fingerprint density at radius 1 is 1.52 bits per heavy atom. The number of hydrogen-bond donors (Lipinski definition) is 2.